The first-order chi connectivity index (χ1) is 13.6. The Bertz CT molecular complexity index is 1120. The molecular weight excluding hydrogens is 379 g/mol. The van der Waals surface area contributed by atoms with Crippen LogP contribution in [-0.4, -0.2) is 26.8 Å². The normalized spacial score (nSPS) is 10.9. The van der Waals surface area contributed by atoms with Gasteiger partial charge in [0.05, 0.1) is 17.4 Å². The number of halogens is 2. The molecule has 2 aromatic heterocycles. The molecule has 0 fully saturated rings. The molecule has 2 aromatic carbocycles. The van der Waals surface area contributed by atoms with E-state index in [0.29, 0.717) is 34.8 Å². The number of rotatable bonds is 5. The van der Waals surface area contributed by atoms with E-state index in [1.807, 2.05) is 24.3 Å². The van der Waals surface area contributed by atoms with Crippen molar-refractivity contribution in [2.24, 2.45) is 0 Å². The number of carbonyl (C=O) groups excluding carboxylic acids is 1. The first-order valence-corrected chi connectivity index (χ1v) is 9.10. The summed E-state index contributed by atoms with van der Waals surface area (Å²) < 4.78 is 14.9. The minimum Gasteiger partial charge on any atom is -0.349 e. The summed E-state index contributed by atoms with van der Waals surface area (Å²) >= 11 is 5.89. The fraction of sp³-hybridized carbons (Fsp3) is 0.0952. The summed E-state index contributed by atoms with van der Waals surface area (Å²) in [4.78, 5) is 21.3. The molecule has 140 valence electrons. The number of nitrogens with zero attached hydrogens (tertiary/aromatic N) is 3. The Hall–Kier alpha value is -3.25. The maximum atomic E-state index is 13.2. The van der Waals surface area contributed by atoms with E-state index in [0.717, 1.165) is 5.56 Å². The molecule has 0 unspecified atom stereocenters. The van der Waals surface area contributed by atoms with Crippen molar-refractivity contribution in [3.63, 3.8) is 0 Å². The number of nitrogens with one attached hydrogen (secondary N) is 1. The molecule has 28 heavy (non-hydrogen) atoms. The Morgan fingerprint density at radius 3 is 2.61 bits per heavy atom. The SMILES string of the molecule is O=C(NCCc1ccc(Cl)cc1)c1nc(-c2ccc(F)cc2)c2cnccn12. The minimum absolute atomic E-state index is 0.257. The summed E-state index contributed by atoms with van der Waals surface area (Å²) in [6, 6.07) is 13.5. The molecule has 1 amide bonds. The standard InChI is InChI=1S/C21H16ClFN4O/c22-16-5-1-14(2-6-16)9-10-25-21(28)20-26-19(15-3-7-17(23)8-4-15)18-13-24-11-12-27(18)20/h1-8,11-13H,9-10H2,(H,25,28). The van der Waals surface area contributed by atoms with Crippen LogP contribution in [0, 0.1) is 5.82 Å². The molecule has 0 radical (unpaired) electrons. The van der Waals surface area contributed by atoms with Crippen LogP contribution in [0.5, 0.6) is 0 Å². The van der Waals surface area contributed by atoms with E-state index in [9.17, 15) is 9.18 Å². The van der Waals surface area contributed by atoms with Crippen molar-refractivity contribution in [3.8, 4) is 11.3 Å². The first kappa shape index (κ1) is 18.1. The van der Waals surface area contributed by atoms with Gasteiger partial charge >= 0.3 is 0 Å². The molecule has 0 atom stereocenters. The molecule has 0 aliphatic rings. The maximum Gasteiger partial charge on any atom is 0.287 e. The van der Waals surface area contributed by atoms with Crippen molar-refractivity contribution >= 4 is 23.0 Å². The molecule has 2 heterocycles. The predicted octanol–water partition coefficient (Wildman–Crippen LogP) is 4.16. The number of fused-ring (bicyclic) bond motifs is 1. The topological polar surface area (TPSA) is 59.3 Å². The zero-order chi connectivity index (χ0) is 19.5. The smallest absolute Gasteiger partial charge is 0.287 e. The van der Waals surface area contributed by atoms with Crippen LogP contribution in [0.1, 0.15) is 16.2 Å². The van der Waals surface area contributed by atoms with Crippen LogP contribution in [0.25, 0.3) is 16.8 Å². The lowest BCUT2D eigenvalue weighted by atomic mass is 10.1. The molecule has 0 spiro atoms. The second-order valence-corrected chi connectivity index (χ2v) is 6.69. The molecule has 1 N–H and O–H groups in total. The summed E-state index contributed by atoms with van der Waals surface area (Å²) in [5, 5.41) is 3.57. The van der Waals surface area contributed by atoms with Crippen molar-refractivity contribution in [1.82, 2.24) is 19.7 Å². The van der Waals surface area contributed by atoms with Crippen LogP contribution >= 0.6 is 11.6 Å². The van der Waals surface area contributed by atoms with E-state index < -0.39 is 0 Å². The number of amides is 1. The number of benzene rings is 2. The fourth-order valence-electron chi connectivity index (χ4n) is 2.97. The van der Waals surface area contributed by atoms with E-state index in [1.165, 1.54) is 12.1 Å². The summed E-state index contributed by atoms with van der Waals surface area (Å²) in [6.45, 7) is 0.465. The Morgan fingerprint density at radius 1 is 1.11 bits per heavy atom. The van der Waals surface area contributed by atoms with Gasteiger partial charge in [-0.1, -0.05) is 23.7 Å². The molecule has 0 aliphatic heterocycles. The summed E-state index contributed by atoms with van der Waals surface area (Å²) in [5.74, 6) is -0.359. The average molecular weight is 395 g/mol. The third kappa shape index (κ3) is 3.73. The van der Waals surface area contributed by atoms with Gasteiger partial charge in [-0.3, -0.25) is 14.2 Å². The zero-order valence-electron chi connectivity index (χ0n) is 14.8. The minimum atomic E-state index is -0.328. The van der Waals surface area contributed by atoms with Crippen molar-refractivity contribution in [3.05, 3.63) is 89.3 Å². The average Bonchev–Trinajstić information content (AvgIpc) is 3.10. The zero-order valence-corrected chi connectivity index (χ0v) is 15.5. The molecule has 0 saturated carbocycles. The third-order valence-electron chi connectivity index (χ3n) is 4.38. The van der Waals surface area contributed by atoms with Crippen LogP contribution < -0.4 is 5.32 Å². The van der Waals surface area contributed by atoms with Crippen LogP contribution in [-0.2, 0) is 6.42 Å². The highest BCUT2D eigenvalue weighted by Crippen LogP contribution is 2.24. The number of hydrogen-bond donors (Lipinski definition) is 1. The van der Waals surface area contributed by atoms with E-state index >= 15 is 0 Å². The lowest BCUT2D eigenvalue weighted by Crippen LogP contribution is -2.27. The Morgan fingerprint density at radius 2 is 1.86 bits per heavy atom. The first-order valence-electron chi connectivity index (χ1n) is 8.72. The van der Waals surface area contributed by atoms with Crippen molar-refractivity contribution in [1.29, 1.82) is 0 Å². The van der Waals surface area contributed by atoms with Gasteiger partial charge in [-0.2, -0.15) is 0 Å². The van der Waals surface area contributed by atoms with Crippen LogP contribution in [0.15, 0.2) is 67.1 Å². The lowest BCUT2D eigenvalue weighted by molar-refractivity contribution is 0.0943. The van der Waals surface area contributed by atoms with E-state index in [4.69, 9.17) is 11.6 Å². The molecule has 7 heteroatoms. The van der Waals surface area contributed by atoms with E-state index in [1.54, 1.807) is 35.1 Å². The van der Waals surface area contributed by atoms with Gasteiger partial charge in [0.25, 0.3) is 5.91 Å². The summed E-state index contributed by atoms with van der Waals surface area (Å²) in [6.07, 6.45) is 5.59. The third-order valence-corrected chi connectivity index (χ3v) is 4.63. The van der Waals surface area contributed by atoms with Gasteiger partial charge in [-0.05, 0) is 48.4 Å². The van der Waals surface area contributed by atoms with Gasteiger partial charge in [-0.25, -0.2) is 9.37 Å². The molecule has 0 aliphatic carbocycles. The van der Waals surface area contributed by atoms with Gasteiger partial charge in [0.2, 0.25) is 5.82 Å². The van der Waals surface area contributed by atoms with Gasteiger partial charge < -0.3 is 5.32 Å². The van der Waals surface area contributed by atoms with Crippen molar-refractivity contribution in [2.45, 2.75) is 6.42 Å². The number of hydrogen-bond acceptors (Lipinski definition) is 3. The predicted molar refractivity (Wildman–Crippen MR) is 106 cm³/mol. The molecular formula is C21H16ClFN4O. The Labute approximate surface area is 165 Å². The highest BCUT2D eigenvalue weighted by molar-refractivity contribution is 6.30. The van der Waals surface area contributed by atoms with Crippen molar-refractivity contribution in [2.75, 3.05) is 6.54 Å². The molecule has 4 aromatic rings. The monoisotopic (exact) mass is 394 g/mol. The second-order valence-electron chi connectivity index (χ2n) is 6.25. The number of carbonyl (C=O) groups is 1. The van der Waals surface area contributed by atoms with Gasteiger partial charge in [0, 0.05) is 29.5 Å². The summed E-state index contributed by atoms with van der Waals surface area (Å²) in [7, 11) is 0. The van der Waals surface area contributed by atoms with E-state index in [-0.39, 0.29) is 17.5 Å². The van der Waals surface area contributed by atoms with Gasteiger partial charge in [-0.15, -0.1) is 0 Å². The largest absolute Gasteiger partial charge is 0.349 e. The van der Waals surface area contributed by atoms with Crippen molar-refractivity contribution < 1.29 is 9.18 Å². The Kier molecular flexibility index (Phi) is 5.04. The van der Waals surface area contributed by atoms with E-state index in [2.05, 4.69) is 15.3 Å². The Balaban J connectivity index is 1.57. The van der Waals surface area contributed by atoms with Crippen LogP contribution in [0.3, 0.4) is 0 Å². The van der Waals surface area contributed by atoms with Crippen LogP contribution in [0.2, 0.25) is 5.02 Å². The lowest BCUT2D eigenvalue weighted by Gasteiger charge is -2.05. The second kappa shape index (κ2) is 7.78. The summed E-state index contributed by atoms with van der Waals surface area (Å²) in [5.41, 5.74) is 3.05. The van der Waals surface area contributed by atoms with Crippen LogP contribution in [0.4, 0.5) is 4.39 Å². The fourth-order valence-corrected chi connectivity index (χ4v) is 3.10. The number of imidazole rings is 1. The quantitative estimate of drug-likeness (QED) is 0.553. The molecule has 0 saturated heterocycles. The molecule has 5 nitrogen and oxygen atoms in total. The highest BCUT2D eigenvalue weighted by Gasteiger charge is 2.18. The van der Waals surface area contributed by atoms with Gasteiger partial charge in [0.15, 0.2) is 0 Å². The maximum absolute atomic E-state index is 13.2. The highest BCUT2D eigenvalue weighted by atomic mass is 35.5. The molecule has 4 rings (SSSR count). The van der Waals surface area contributed by atoms with Gasteiger partial charge in [0.1, 0.15) is 5.82 Å². The molecule has 0 bridgehead atoms. The number of aromatic nitrogens is 3.